The summed E-state index contributed by atoms with van der Waals surface area (Å²) in [6.45, 7) is 0. The minimum Gasteiger partial charge on any atom is -0.495 e. The summed E-state index contributed by atoms with van der Waals surface area (Å²) in [5.41, 5.74) is 4.47. The number of nitrogens with one attached hydrogen (secondary N) is 1. The Balaban J connectivity index is 2.34. The van der Waals surface area contributed by atoms with E-state index in [2.05, 4.69) is 15.4 Å². The summed E-state index contributed by atoms with van der Waals surface area (Å²) in [5, 5.41) is 0. The van der Waals surface area contributed by atoms with Crippen molar-refractivity contribution in [3.63, 3.8) is 0 Å². The van der Waals surface area contributed by atoms with Crippen LogP contribution >= 0.6 is 0 Å². The number of hydrogen-bond acceptors (Lipinski definition) is 5. The maximum atomic E-state index is 5.57. The monoisotopic (exact) mass is 233 g/mol. The first-order chi connectivity index (χ1) is 8.24. The van der Waals surface area contributed by atoms with Crippen molar-refractivity contribution in [2.75, 3.05) is 7.11 Å². The van der Waals surface area contributed by atoms with Gasteiger partial charge in [-0.15, -0.1) is 0 Å². The number of pyridine rings is 1. The average Bonchev–Trinajstić information content (AvgIpc) is 2.77. The van der Waals surface area contributed by atoms with Crippen LogP contribution < -0.4 is 16.0 Å². The quantitative estimate of drug-likeness (QED) is 0.589. The highest BCUT2D eigenvalue weighted by Crippen LogP contribution is 2.21. The number of hydrazine groups is 1. The van der Waals surface area contributed by atoms with Gasteiger partial charge in [0, 0.05) is 19.4 Å². The molecule has 0 saturated heterocycles. The van der Waals surface area contributed by atoms with Gasteiger partial charge >= 0.3 is 0 Å². The standard InChI is InChI=1S/C11H15N5O/c1-16-6-10(14-7-16)11(15-12)8-3-9(17-2)5-13-4-8/h3-7,11,15H,12H2,1-2H3. The third-order valence-electron chi connectivity index (χ3n) is 2.49. The SMILES string of the molecule is COc1cncc(C(NN)c2cn(C)cn2)c1. The van der Waals surface area contributed by atoms with Gasteiger partial charge in [0.05, 0.1) is 31.4 Å². The van der Waals surface area contributed by atoms with Gasteiger partial charge in [-0.25, -0.2) is 10.4 Å². The van der Waals surface area contributed by atoms with Crippen LogP contribution in [0.1, 0.15) is 17.3 Å². The Morgan fingerprint density at radius 1 is 1.47 bits per heavy atom. The Morgan fingerprint density at radius 2 is 2.29 bits per heavy atom. The molecule has 1 atom stereocenters. The molecule has 6 nitrogen and oxygen atoms in total. The van der Waals surface area contributed by atoms with E-state index >= 15 is 0 Å². The first kappa shape index (κ1) is 11.6. The van der Waals surface area contributed by atoms with E-state index < -0.39 is 0 Å². The first-order valence-electron chi connectivity index (χ1n) is 5.17. The summed E-state index contributed by atoms with van der Waals surface area (Å²) < 4.78 is 7.00. The number of imidazole rings is 1. The second-order valence-corrected chi connectivity index (χ2v) is 3.72. The minimum absolute atomic E-state index is 0.196. The summed E-state index contributed by atoms with van der Waals surface area (Å²) in [5.74, 6) is 6.26. The summed E-state index contributed by atoms with van der Waals surface area (Å²) in [4.78, 5) is 8.37. The molecular weight excluding hydrogens is 218 g/mol. The van der Waals surface area contributed by atoms with Crippen LogP contribution in [0.15, 0.2) is 31.0 Å². The molecular formula is C11H15N5O. The summed E-state index contributed by atoms with van der Waals surface area (Å²) in [6.07, 6.45) is 7.02. The number of aryl methyl sites for hydroxylation is 1. The molecule has 0 radical (unpaired) electrons. The van der Waals surface area contributed by atoms with E-state index in [1.54, 1.807) is 25.8 Å². The molecule has 1 unspecified atom stereocenters. The lowest BCUT2D eigenvalue weighted by molar-refractivity contribution is 0.411. The highest BCUT2D eigenvalue weighted by Gasteiger charge is 2.15. The van der Waals surface area contributed by atoms with E-state index in [1.165, 1.54) is 0 Å². The summed E-state index contributed by atoms with van der Waals surface area (Å²) in [7, 11) is 3.51. The Kier molecular flexibility index (Phi) is 3.36. The molecule has 0 aliphatic heterocycles. The number of rotatable bonds is 4. The highest BCUT2D eigenvalue weighted by atomic mass is 16.5. The average molecular weight is 233 g/mol. The third-order valence-corrected chi connectivity index (χ3v) is 2.49. The predicted molar refractivity (Wildman–Crippen MR) is 63.2 cm³/mol. The van der Waals surface area contributed by atoms with Crippen molar-refractivity contribution in [2.24, 2.45) is 12.9 Å². The van der Waals surface area contributed by atoms with Crippen LogP contribution in [0, 0.1) is 0 Å². The molecule has 3 N–H and O–H groups in total. The Labute approximate surface area is 99.4 Å². The van der Waals surface area contributed by atoms with Crippen LogP contribution in [0.2, 0.25) is 0 Å². The van der Waals surface area contributed by atoms with E-state index in [0.29, 0.717) is 5.75 Å². The molecule has 0 amide bonds. The second kappa shape index (κ2) is 4.94. The number of aromatic nitrogens is 3. The number of nitrogens with two attached hydrogens (primary N) is 1. The van der Waals surface area contributed by atoms with Gasteiger partial charge in [0.1, 0.15) is 5.75 Å². The molecule has 0 fully saturated rings. The van der Waals surface area contributed by atoms with Gasteiger partial charge in [-0.05, 0) is 11.6 Å². The van der Waals surface area contributed by atoms with E-state index in [1.807, 2.05) is 23.9 Å². The van der Waals surface area contributed by atoms with Gasteiger partial charge in [0.25, 0.3) is 0 Å². The van der Waals surface area contributed by atoms with E-state index in [4.69, 9.17) is 10.6 Å². The molecule has 2 heterocycles. The molecule has 0 aromatic carbocycles. The zero-order valence-corrected chi connectivity index (χ0v) is 9.79. The van der Waals surface area contributed by atoms with E-state index in [0.717, 1.165) is 11.3 Å². The van der Waals surface area contributed by atoms with Crippen molar-refractivity contribution in [2.45, 2.75) is 6.04 Å². The number of methoxy groups -OCH3 is 1. The maximum Gasteiger partial charge on any atom is 0.137 e. The van der Waals surface area contributed by atoms with Gasteiger partial charge < -0.3 is 9.30 Å². The van der Waals surface area contributed by atoms with Gasteiger partial charge in [-0.1, -0.05) is 0 Å². The molecule has 17 heavy (non-hydrogen) atoms. The third kappa shape index (κ3) is 2.43. The summed E-state index contributed by atoms with van der Waals surface area (Å²) in [6, 6.07) is 1.69. The Morgan fingerprint density at radius 3 is 2.88 bits per heavy atom. The van der Waals surface area contributed by atoms with Crippen molar-refractivity contribution in [1.82, 2.24) is 20.0 Å². The molecule has 6 heteroatoms. The Hall–Kier alpha value is -1.92. The fourth-order valence-electron chi connectivity index (χ4n) is 1.64. The topological polar surface area (TPSA) is 78.0 Å². The van der Waals surface area contributed by atoms with Crippen molar-refractivity contribution >= 4 is 0 Å². The molecule has 0 bridgehead atoms. The van der Waals surface area contributed by atoms with Crippen molar-refractivity contribution in [3.05, 3.63) is 42.2 Å². The molecule has 2 aromatic rings. The van der Waals surface area contributed by atoms with Crippen LogP contribution in [0.5, 0.6) is 5.75 Å². The molecule has 2 aromatic heterocycles. The lowest BCUT2D eigenvalue weighted by Crippen LogP contribution is -2.29. The van der Waals surface area contributed by atoms with Crippen LogP contribution in [0.25, 0.3) is 0 Å². The first-order valence-corrected chi connectivity index (χ1v) is 5.17. The molecule has 2 rings (SSSR count). The fourth-order valence-corrected chi connectivity index (χ4v) is 1.64. The van der Waals surface area contributed by atoms with Crippen molar-refractivity contribution < 1.29 is 4.74 Å². The van der Waals surface area contributed by atoms with Gasteiger partial charge in [0.2, 0.25) is 0 Å². The molecule has 0 spiro atoms. The molecule has 0 aliphatic rings. The lowest BCUT2D eigenvalue weighted by atomic mass is 10.1. The van der Waals surface area contributed by atoms with E-state index in [9.17, 15) is 0 Å². The van der Waals surface area contributed by atoms with Crippen LogP contribution in [0.4, 0.5) is 0 Å². The van der Waals surface area contributed by atoms with Gasteiger partial charge in [-0.2, -0.15) is 0 Å². The van der Waals surface area contributed by atoms with Gasteiger partial charge in [0.15, 0.2) is 0 Å². The zero-order chi connectivity index (χ0) is 12.3. The molecule has 0 aliphatic carbocycles. The molecule has 0 saturated carbocycles. The molecule has 90 valence electrons. The largest absolute Gasteiger partial charge is 0.495 e. The number of ether oxygens (including phenoxy) is 1. The highest BCUT2D eigenvalue weighted by molar-refractivity contribution is 5.30. The maximum absolute atomic E-state index is 5.57. The summed E-state index contributed by atoms with van der Waals surface area (Å²) >= 11 is 0. The number of nitrogens with zero attached hydrogens (tertiary/aromatic N) is 3. The number of hydrogen-bond donors (Lipinski definition) is 2. The Bertz CT molecular complexity index is 496. The lowest BCUT2D eigenvalue weighted by Gasteiger charge is -2.14. The zero-order valence-electron chi connectivity index (χ0n) is 9.79. The van der Waals surface area contributed by atoms with Crippen LogP contribution in [0.3, 0.4) is 0 Å². The minimum atomic E-state index is -0.196. The smallest absolute Gasteiger partial charge is 0.137 e. The normalized spacial score (nSPS) is 12.4. The second-order valence-electron chi connectivity index (χ2n) is 3.72. The van der Waals surface area contributed by atoms with Gasteiger partial charge in [-0.3, -0.25) is 10.8 Å². The van der Waals surface area contributed by atoms with Crippen LogP contribution in [-0.2, 0) is 7.05 Å². The van der Waals surface area contributed by atoms with E-state index in [-0.39, 0.29) is 6.04 Å². The predicted octanol–water partition coefficient (Wildman–Crippen LogP) is 0.376. The fraction of sp³-hybridized carbons (Fsp3) is 0.273. The van der Waals surface area contributed by atoms with Crippen molar-refractivity contribution in [3.8, 4) is 5.75 Å². The van der Waals surface area contributed by atoms with Crippen molar-refractivity contribution in [1.29, 1.82) is 0 Å². The van der Waals surface area contributed by atoms with Crippen LogP contribution in [-0.4, -0.2) is 21.6 Å².